The van der Waals surface area contributed by atoms with Gasteiger partial charge < -0.3 is 24.6 Å². The van der Waals surface area contributed by atoms with Gasteiger partial charge in [-0.25, -0.2) is 14.5 Å². The van der Waals surface area contributed by atoms with Gasteiger partial charge in [0.05, 0.1) is 42.9 Å². The van der Waals surface area contributed by atoms with Crippen LogP contribution in [0.15, 0.2) is 67.1 Å². The quantitative estimate of drug-likeness (QED) is 0.335. The largest absolute Gasteiger partial charge is 0.388 e. The monoisotopic (exact) mass is 525 g/mol. The predicted octanol–water partition coefficient (Wildman–Crippen LogP) is 3.45. The fourth-order valence-corrected chi connectivity index (χ4v) is 5.07. The van der Waals surface area contributed by atoms with Crippen molar-refractivity contribution in [3.63, 3.8) is 0 Å². The standard InChI is InChI=1S/C29H31N7O3/c1-18(2)35-15-21(20-10-7-11-30-27(20)35)22-12-24(34(3)14-19-8-5-4-6-9-19)28-31-13-25(36(28)33-22)29(38)32-23-16-39-17-26(23)37/h4-13,15,18,23,26,37H,14,16-17H2,1-3H3,(H,32,38)/t23-,26+/m0/s1. The number of ether oxygens (including phenoxy) is 1. The van der Waals surface area contributed by atoms with Gasteiger partial charge in [0.25, 0.3) is 5.91 Å². The van der Waals surface area contributed by atoms with Gasteiger partial charge in [-0.2, -0.15) is 5.10 Å². The predicted molar refractivity (Wildman–Crippen MR) is 149 cm³/mol. The van der Waals surface area contributed by atoms with E-state index in [2.05, 4.69) is 56.9 Å². The van der Waals surface area contributed by atoms with E-state index < -0.39 is 12.1 Å². The number of anilines is 1. The third kappa shape index (κ3) is 4.62. The summed E-state index contributed by atoms with van der Waals surface area (Å²) in [7, 11) is 2.01. The molecular formula is C29H31N7O3. The van der Waals surface area contributed by atoms with Crippen molar-refractivity contribution in [1.82, 2.24) is 29.5 Å². The average Bonchev–Trinajstić information content (AvgIpc) is 3.65. The maximum absolute atomic E-state index is 13.3. The van der Waals surface area contributed by atoms with Crippen LogP contribution in [0.1, 0.15) is 35.9 Å². The minimum atomic E-state index is -0.751. The summed E-state index contributed by atoms with van der Waals surface area (Å²) >= 11 is 0. The average molecular weight is 526 g/mol. The highest BCUT2D eigenvalue weighted by molar-refractivity contribution is 5.96. The van der Waals surface area contributed by atoms with E-state index in [9.17, 15) is 9.90 Å². The molecule has 2 N–H and O–H groups in total. The number of nitrogens with zero attached hydrogens (tertiary/aromatic N) is 6. The molecule has 6 rings (SSSR count). The SMILES string of the molecule is CC(C)n1cc(-c2cc(N(C)Cc3ccccc3)c3ncc(C(=O)N[C@H]4COC[C@H]4O)n3n2)c2cccnc21. The van der Waals surface area contributed by atoms with Crippen LogP contribution in [0, 0.1) is 0 Å². The van der Waals surface area contributed by atoms with Crippen LogP contribution in [0.4, 0.5) is 5.69 Å². The lowest BCUT2D eigenvalue weighted by Crippen LogP contribution is -2.43. The van der Waals surface area contributed by atoms with Crippen molar-refractivity contribution in [2.45, 2.75) is 38.6 Å². The van der Waals surface area contributed by atoms with Crippen molar-refractivity contribution < 1.29 is 14.6 Å². The number of carbonyl (C=O) groups excluding carboxylic acids is 1. The molecule has 0 saturated carbocycles. The molecule has 200 valence electrons. The zero-order valence-electron chi connectivity index (χ0n) is 22.2. The number of imidazole rings is 1. The number of amides is 1. The highest BCUT2D eigenvalue weighted by atomic mass is 16.5. The molecule has 2 atom stereocenters. The molecule has 0 bridgehead atoms. The Hall–Kier alpha value is -4.28. The fraction of sp³-hybridized carbons (Fsp3) is 0.310. The number of nitrogens with one attached hydrogen (secondary N) is 1. The molecule has 5 heterocycles. The van der Waals surface area contributed by atoms with Gasteiger partial charge in [-0.1, -0.05) is 30.3 Å². The van der Waals surface area contributed by atoms with Crippen LogP contribution >= 0.6 is 0 Å². The van der Waals surface area contributed by atoms with Crippen LogP contribution in [-0.2, 0) is 11.3 Å². The molecule has 1 fully saturated rings. The second-order valence-corrected chi connectivity index (χ2v) is 10.2. The molecule has 4 aromatic heterocycles. The first-order valence-electron chi connectivity index (χ1n) is 13.1. The lowest BCUT2D eigenvalue weighted by Gasteiger charge is -2.21. The zero-order chi connectivity index (χ0) is 27.1. The van der Waals surface area contributed by atoms with Crippen LogP contribution in [0.3, 0.4) is 0 Å². The summed E-state index contributed by atoms with van der Waals surface area (Å²) in [6, 6.07) is 15.9. The zero-order valence-corrected chi connectivity index (χ0v) is 22.2. The van der Waals surface area contributed by atoms with Crippen molar-refractivity contribution in [2.24, 2.45) is 0 Å². The van der Waals surface area contributed by atoms with Crippen molar-refractivity contribution in [3.8, 4) is 11.3 Å². The summed E-state index contributed by atoms with van der Waals surface area (Å²) in [5, 5.41) is 18.9. The molecule has 5 aromatic rings. The third-order valence-electron chi connectivity index (χ3n) is 7.14. The Kier molecular flexibility index (Phi) is 6.49. The van der Waals surface area contributed by atoms with E-state index in [1.807, 2.05) is 43.4 Å². The molecule has 10 heteroatoms. The summed E-state index contributed by atoms with van der Waals surface area (Å²) in [4.78, 5) is 24.7. The molecule has 0 spiro atoms. The lowest BCUT2D eigenvalue weighted by atomic mass is 10.1. The number of aromatic nitrogens is 5. The Morgan fingerprint density at radius 3 is 2.72 bits per heavy atom. The highest BCUT2D eigenvalue weighted by Gasteiger charge is 2.29. The molecule has 1 saturated heterocycles. The highest BCUT2D eigenvalue weighted by Crippen LogP contribution is 2.34. The molecule has 10 nitrogen and oxygen atoms in total. The molecule has 39 heavy (non-hydrogen) atoms. The van der Waals surface area contributed by atoms with E-state index in [0.29, 0.717) is 17.9 Å². The summed E-state index contributed by atoms with van der Waals surface area (Å²) in [5.41, 5.74) is 5.33. The van der Waals surface area contributed by atoms with Crippen molar-refractivity contribution in [3.05, 3.63) is 78.4 Å². The second kappa shape index (κ2) is 10.1. The Morgan fingerprint density at radius 2 is 1.97 bits per heavy atom. The fourth-order valence-electron chi connectivity index (χ4n) is 5.07. The first kappa shape index (κ1) is 25.0. The van der Waals surface area contributed by atoms with E-state index >= 15 is 0 Å². The number of benzene rings is 1. The Bertz CT molecular complexity index is 1640. The number of fused-ring (bicyclic) bond motifs is 2. The van der Waals surface area contributed by atoms with E-state index in [-0.39, 0.29) is 30.9 Å². The van der Waals surface area contributed by atoms with Gasteiger partial charge in [-0.3, -0.25) is 4.79 Å². The smallest absolute Gasteiger partial charge is 0.272 e. The number of hydrogen-bond acceptors (Lipinski definition) is 7. The van der Waals surface area contributed by atoms with Crippen molar-refractivity contribution in [2.75, 3.05) is 25.2 Å². The molecule has 0 unspecified atom stereocenters. The van der Waals surface area contributed by atoms with E-state index in [4.69, 9.17) is 9.84 Å². The van der Waals surface area contributed by atoms with Crippen LogP contribution in [-0.4, -0.2) is 67.6 Å². The number of carbonyl (C=O) groups is 1. The van der Waals surface area contributed by atoms with Gasteiger partial charge in [-0.15, -0.1) is 0 Å². The minimum absolute atomic E-state index is 0.197. The second-order valence-electron chi connectivity index (χ2n) is 10.2. The van der Waals surface area contributed by atoms with Gasteiger partial charge in [0.15, 0.2) is 11.3 Å². The molecule has 1 aliphatic heterocycles. The Labute approximate surface area is 225 Å². The van der Waals surface area contributed by atoms with Crippen LogP contribution in [0.2, 0.25) is 0 Å². The molecular weight excluding hydrogens is 494 g/mol. The number of aliphatic hydroxyl groups is 1. The van der Waals surface area contributed by atoms with Gasteiger partial charge >= 0.3 is 0 Å². The first-order chi connectivity index (χ1) is 18.9. The van der Waals surface area contributed by atoms with Gasteiger partial charge in [0, 0.05) is 43.0 Å². The maximum Gasteiger partial charge on any atom is 0.272 e. The molecule has 1 amide bonds. The Morgan fingerprint density at radius 1 is 1.15 bits per heavy atom. The normalized spacial score (nSPS) is 17.4. The van der Waals surface area contributed by atoms with E-state index in [1.54, 1.807) is 10.7 Å². The van der Waals surface area contributed by atoms with Crippen molar-refractivity contribution in [1.29, 1.82) is 0 Å². The van der Waals surface area contributed by atoms with Crippen LogP contribution in [0.25, 0.3) is 27.9 Å². The molecule has 1 aliphatic rings. The van der Waals surface area contributed by atoms with E-state index in [1.165, 1.54) is 6.20 Å². The maximum atomic E-state index is 13.3. The number of hydrogen-bond donors (Lipinski definition) is 2. The molecule has 1 aromatic carbocycles. The van der Waals surface area contributed by atoms with Gasteiger partial charge in [0.2, 0.25) is 0 Å². The number of rotatable bonds is 7. The summed E-state index contributed by atoms with van der Waals surface area (Å²) in [5.74, 6) is -0.371. The summed E-state index contributed by atoms with van der Waals surface area (Å²) in [6.07, 6.45) is 4.64. The minimum Gasteiger partial charge on any atom is -0.388 e. The number of pyridine rings is 1. The van der Waals surface area contributed by atoms with Gasteiger partial charge in [0.1, 0.15) is 5.65 Å². The third-order valence-corrected chi connectivity index (χ3v) is 7.14. The van der Waals surface area contributed by atoms with Crippen LogP contribution < -0.4 is 10.2 Å². The summed E-state index contributed by atoms with van der Waals surface area (Å²) < 4.78 is 9.03. The molecule has 0 radical (unpaired) electrons. The Balaban J connectivity index is 1.50. The molecule has 0 aliphatic carbocycles. The topological polar surface area (TPSA) is 110 Å². The van der Waals surface area contributed by atoms with Crippen molar-refractivity contribution >= 4 is 28.3 Å². The first-order valence-corrected chi connectivity index (χ1v) is 13.1. The lowest BCUT2D eigenvalue weighted by molar-refractivity contribution is 0.0879. The van der Waals surface area contributed by atoms with E-state index in [0.717, 1.165) is 27.8 Å². The van der Waals surface area contributed by atoms with Gasteiger partial charge in [-0.05, 0) is 37.6 Å². The van der Waals surface area contributed by atoms with Crippen LogP contribution in [0.5, 0.6) is 0 Å². The number of aliphatic hydroxyl groups excluding tert-OH is 1. The summed E-state index contributed by atoms with van der Waals surface area (Å²) in [6.45, 7) is 5.34.